The molecule has 3 N–H and O–H groups in total. The molecule has 0 saturated carbocycles. The van der Waals surface area contributed by atoms with Crippen molar-refractivity contribution in [2.24, 2.45) is 5.92 Å². The van der Waals surface area contributed by atoms with Crippen LogP contribution in [0.3, 0.4) is 0 Å². The first-order valence-corrected chi connectivity index (χ1v) is 12.1. The van der Waals surface area contributed by atoms with Gasteiger partial charge in [0.25, 0.3) is 0 Å². The van der Waals surface area contributed by atoms with E-state index >= 15 is 0 Å². The molecule has 0 spiro atoms. The van der Waals surface area contributed by atoms with E-state index in [4.69, 9.17) is 4.74 Å². The lowest BCUT2D eigenvalue weighted by Gasteiger charge is -2.32. The molecule has 4 rings (SSSR count). The maximum absolute atomic E-state index is 9.76. The van der Waals surface area contributed by atoms with Gasteiger partial charge >= 0.3 is 0 Å². The SMILES string of the molecule is CC(C)Oc1ccccc1CNC1C(CCO)CNC1C(c1ccccc1)c1ccccc1. The van der Waals surface area contributed by atoms with E-state index in [1.165, 1.54) is 11.1 Å². The van der Waals surface area contributed by atoms with Gasteiger partial charge in [-0.05, 0) is 49.9 Å². The van der Waals surface area contributed by atoms with Crippen molar-refractivity contribution in [3.05, 3.63) is 102 Å². The molecule has 0 amide bonds. The molecule has 1 aliphatic heterocycles. The molecule has 3 atom stereocenters. The van der Waals surface area contributed by atoms with E-state index in [0.29, 0.717) is 5.92 Å². The summed E-state index contributed by atoms with van der Waals surface area (Å²) in [5.74, 6) is 1.51. The summed E-state index contributed by atoms with van der Waals surface area (Å²) in [6.07, 6.45) is 0.913. The highest BCUT2D eigenvalue weighted by atomic mass is 16.5. The third-order valence-corrected chi connectivity index (χ3v) is 6.55. The summed E-state index contributed by atoms with van der Waals surface area (Å²) >= 11 is 0. The molecule has 1 aliphatic rings. The maximum Gasteiger partial charge on any atom is 0.124 e. The third-order valence-electron chi connectivity index (χ3n) is 6.55. The molecule has 3 unspecified atom stereocenters. The average molecular weight is 445 g/mol. The zero-order chi connectivity index (χ0) is 23.0. The Balaban J connectivity index is 1.62. The Morgan fingerprint density at radius 2 is 1.52 bits per heavy atom. The standard InChI is InChI=1S/C29H36N2O2/c1-21(2)33-26-16-10-9-15-24(26)19-30-28-25(17-18-32)20-31-29(28)27(22-11-5-3-6-12-22)23-13-7-4-8-14-23/h3-16,21,25,27-32H,17-20H2,1-2H3. The van der Waals surface area contributed by atoms with Crippen molar-refractivity contribution in [3.8, 4) is 5.75 Å². The zero-order valence-corrected chi connectivity index (χ0v) is 19.7. The van der Waals surface area contributed by atoms with Gasteiger partial charge in [0.05, 0.1) is 6.10 Å². The lowest BCUT2D eigenvalue weighted by Crippen LogP contribution is -2.46. The van der Waals surface area contributed by atoms with Crippen LogP contribution in [0.1, 0.15) is 42.9 Å². The summed E-state index contributed by atoms with van der Waals surface area (Å²) in [4.78, 5) is 0. The summed E-state index contributed by atoms with van der Waals surface area (Å²) in [5, 5.41) is 17.4. The van der Waals surface area contributed by atoms with Crippen molar-refractivity contribution in [1.29, 1.82) is 0 Å². The molecular formula is C29H36N2O2. The van der Waals surface area contributed by atoms with Crippen LogP contribution in [0.5, 0.6) is 5.75 Å². The number of aliphatic hydroxyl groups is 1. The largest absolute Gasteiger partial charge is 0.491 e. The quantitative estimate of drug-likeness (QED) is 0.423. The second kappa shape index (κ2) is 11.5. The van der Waals surface area contributed by atoms with Crippen molar-refractivity contribution in [3.63, 3.8) is 0 Å². The van der Waals surface area contributed by atoms with Crippen LogP contribution in [0.25, 0.3) is 0 Å². The highest BCUT2D eigenvalue weighted by Gasteiger charge is 2.40. The third kappa shape index (κ3) is 5.83. The summed E-state index contributed by atoms with van der Waals surface area (Å²) < 4.78 is 6.05. The smallest absolute Gasteiger partial charge is 0.124 e. The van der Waals surface area contributed by atoms with Gasteiger partial charge < -0.3 is 20.5 Å². The van der Waals surface area contributed by atoms with Crippen LogP contribution in [0, 0.1) is 5.92 Å². The van der Waals surface area contributed by atoms with Crippen molar-refractivity contribution < 1.29 is 9.84 Å². The fourth-order valence-electron chi connectivity index (χ4n) is 5.08. The predicted molar refractivity (Wildman–Crippen MR) is 135 cm³/mol. The number of hydrogen-bond acceptors (Lipinski definition) is 4. The van der Waals surface area contributed by atoms with Crippen LogP contribution < -0.4 is 15.4 Å². The minimum atomic E-state index is 0.134. The number of hydrogen-bond donors (Lipinski definition) is 3. The van der Waals surface area contributed by atoms with E-state index in [-0.39, 0.29) is 30.7 Å². The minimum absolute atomic E-state index is 0.134. The van der Waals surface area contributed by atoms with E-state index in [0.717, 1.165) is 30.8 Å². The topological polar surface area (TPSA) is 53.5 Å². The van der Waals surface area contributed by atoms with Gasteiger partial charge in [-0.2, -0.15) is 0 Å². The lowest BCUT2D eigenvalue weighted by molar-refractivity contribution is 0.233. The van der Waals surface area contributed by atoms with E-state index in [9.17, 15) is 5.11 Å². The summed E-state index contributed by atoms with van der Waals surface area (Å²) in [6.45, 7) is 5.93. The average Bonchev–Trinajstić information content (AvgIpc) is 3.22. The Labute approximate surface area is 198 Å². The first-order chi connectivity index (χ1) is 16.2. The molecular weight excluding hydrogens is 408 g/mol. The number of aliphatic hydroxyl groups excluding tert-OH is 1. The van der Waals surface area contributed by atoms with Crippen LogP contribution in [-0.2, 0) is 6.54 Å². The molecule has 4 heteroatoms. The van der Waals surface area contributed by atoms with Crippen molar-refractivity contribution >= 4 is 0 Å². The molecule has 0 radical (unpaired) electrons. The van der Waals surface area contributed by atoms with Gasteiger partial charge in [-0.3, -0.25) is 0 Å². The van der Waals surface area contributed by atoms with Crippen molar-refractivity contribution in [1.82, 2.24) is 10.6 Å². The first-order valence-electron chi connectivity index (χ1n) is 12.1. The minimum Gasteiger partial charge on any atom is -0.491 e. The number of benzene rings is 3. The number of ether oxygens (including phenoxy) is 1. The van der Waals surface area contributed by atoms with E-state index in [1.807, 2.05) is 12.1 Å². The number of para-hydroxylation sites is 1. The molecule has 0 aromatic heterocycles. The van der Waals surface area contributed by atoms with E-state index < -0.39 is 0 Å². The van der Waals surface area contributed by atoms with Gasteiger partial charge in [-0.15, -0.1) is 0 Å². The molecule has 174 valence electrons. The van der Waals surface area contributed by atoms with Crippen LogP contribution in [0.4, 0.5) is 0 Å². The monoisotopic (exact) mass is 444 g/mol. The molecule has 33 heavy (non-hydrogen) atoms. The predicted octanol–water partition coefficient (Wildman–Crippen LogP) is 4.73. The van der Waals surface area contributed by atoms with Crippen LogP contribution in [0.15, 0.2) is 84.9 Å². The molecule has 1 saturated heterocycles. The highest BCUT2D eigenvalue weighted by molar-refractivity contribution is 5.37. The van der Waals surface area contributed by atoms with Crippen LogP contribution in [0.2, 0.25) is 0 Å². The summed E-state index contributed by atoms with van der Waals surface area (Å²) in [5.41, 5.74) is 3.78. The molecule has 3 aromatic carbocycles. The van der Waals surface area contributed by atoms with E-state index in [1.54, 1.807) is 0 Å². The van der Waals surface area contributed by atoms with Gasteiger partial charge in [0.1, 0.15) is 5.75 Å². The van der Waals surface area contributed by atoms with Gasteiger partial charge in [0.2, 0.25) is 0 Å². The number of nitrogens with one attached hydrogen (secondary N) is 2. The molecule has 0 aliphatic carbocycles. The molecule has 0 bridgehead atoms. The summed E-state index contributed by atoms with van der Waals surface area (Å²) in [6, 6.07) is 30.2. The Hall–Kier alpha value is -2.66. The Morgan fingerprint density at radius 1 is 0.909 bits per heavy atom. The van der Waals surface area contributed by atoms with Crippen LogP contribution in [-0.4, -0.2) is 36.4 Å². The first kappa shape index (κ1) is 23.5. The molecule has 1 fully saturated rings. The second-order valence-corrected chi connectivity index (χ2v) is 9.19. The Bertz CT molecular complexity index is 938. The maximum atomic E-state index is 9.76. The highest BCUT2D eigenvalue weighted by Crippen LogP contribution is 2.35. The van der Waals surface area contributed by atoms with Crippen molar-refractivity contribution in [2.45, 2.75) is 50.9 Å². The normalized spacial score (nSPS) is 20.5. The van der Waals surface area contributed by atoms with Crippen LogP contribution >= 0.6 is 0 Å². The molecule has 1 heterocycles. The Kier molecular flexibility index (Phi) is 8.16. The van der Waals surface area contributed by atoms with E-state index in [2.05, 4.69) is 97.3 Å². The van der Waals surface area contributed by atoms with Gasteiger partial charge in [0.15, 0.2) is 0 Å². The molecule has 3 aromatic rings. The molecule has 4 nitrogen and oxygen atoms in total. The van der Waals surface area contributed by atoms with Gasteiger partial charge in [0, 0.05) is 36.7 Å². The zero-order valence-electron chi connectivity index (χ0n) is 19.7. The summed E-state index contributed by atoms with van der Waals surface area (Å²) in [7, 11) is 0. The fraction of sp³-hybridized carbons (Fsp3) is 0.379. The second-order valence-electron chi connectivity index (χ2n) is 9.19. The lowest BCUT2D eigenvalue weighted by atomic mass is 9.80. The Morgan fingerprint density at radius 3 is 2.12 bits per heavy atom. The van der Waals surface area contributed by atoms with Crippen molar-refractivity contribution in [2.75, 3.05) is 13.2 Å². The van der Waals surface area contributed by atoms with Gasteiger partial charge in [-0.25, -0.2) is 0 Å². The van der Waals surface area contributed by atoms with Gasteiger partial charge in [-0.1, -0.05) is 78.9 Å². The fourth-order valence-corrected chi connectivity index (χ4v) is 5.08. The number of rotatable bonds is 10.